The number of nitrogens with one attached hydrogen (secondary N) is 1. The molecule has 1 aliphatic heterocycles. The molecule has 1 saturated heterocycles. The van der Waals surface area contributed by atoms with Gasteiger partial charge in [0.15, 0.2) is 0 Å². The van der Waals surface area contributed by atoms with Crippen LogP contribution in [0.3, 0.4) is 0 Å². The topological polar surface area (TPSA) is 129 Å². The molecule has 222 valence electrons. The summed E-state index contributed by atoms with van der Waals surface area (Å²) in [6.45, 7) is 7.72. The normalized spacial score (nSPS) is 19.7. The van der Waals surface area contributed by atoms with E-state index in [1.165, 1.54) is 12.0 Å². The van der Waals surface area contributed by atoms with E-state index in [0.29, 0.717) is 28.4 Å². The Bertz CT molecular complexity index is 1300. The number of carbonyl (C=O) groups excluding carboxylic acids is 3. The van der Waals surface area contributed by atoms with Gasteiger partial charge in [-0.05, 0) is 42.9 Å². The molecule has 1 saturated carbocycles. The van der Waals surface area contributed by atoms with E-state index in [0.717, 1.165) is 25.7 Å². The Morgan fingerprint density at radius 1 is 1.12 bits per heavy atom. The van der Waals surface area contributed by atoms with Gasteiger partial charge in [0, 0.05) is 12.5 Å². The summed E-state index contributed by atoms with van der Waals surface area (Å²) in [4.78, 5) is 50.1. The highest BCUT2D eigenvalue weighted by molar-refractivity contribution is 5.91. The smallest absolute Gasteiger partial charge is 0.408 e. The summed E-state index contributed by atoms with van der Waals surface area (Å²) in [6, 6.07) is 3.60. The van der Waals surface area contributed by atoms with E-state index in [1.54, 1.807) is 13.2 Å². The van der Waals surface area contributed by atoms with Crippen molar-refractivity contribution in [1.82, 2.24) is 20.2 Å². The van der Waals surface area contributed by atoms with E-state index in [1.807, 2.05) is 45.1 Å². The minimum absolute atomic E-state index is 0.0977. The van der Waals surface area contributed by atoms with Crippen LogP contribution in [0.2, 0.25) is 0 Å². The van der Waals surface area contributed by atoms with Crippen molar-refractivity contribution < 1.29 is 33.3 Å². The van der Waals surface area contributed by atoms with E-state index in [-0.39, 0.29) is 19.1 Å². The molecule has 0 radical (unpaired) electrons. The number of allylic oxidation sites excluding steroid dienone is 1. The molecule has 0 spiro atoms. The summed E-state index contributed by atoms with van der Waals surface area (Å²) in [5.41, 5.74) is 1.17. The zero-order chi connectivity index (χ0) is 29.7. The van der Waals surface area contributed by atoms with Gasteiger partial charge in [0.05, 0.1) is 31.8 Å². The molecule has 2 aliphatic rings. The lowest BCUT2D eigenvalue weighted by Crippen LogP contribution is -2.57. The van der Waals surface area contributed by atoms with Gasteiger partial charge >= 0.3 is 12.1 Å². The van der Waals surface area contributed by atoms with Crippen LogP contribution < -0.4 is 14.8 Å². The number of fused-ring (bicyclic) bond motifs is 1. The molecule has 2 aromatic rings. The minimum Gasteiger partial charge on any atom is -0.497 e. The average molecular weight is 569 g/mol. The lowest BCUT2D eigenvalue weighted by molar-refractivity contribution is -0.152. The van der Waals surface area contributed by atoms with E-state index in [9.17, 15) is 14.4 Å². The molecular weight excluding hydrogens is 528 g/mol. The van der Waals surface area contributed by atoms with Gasteiger partial charge in [-0.25, -0.2) is 19.6 Å². The summed E-state index contributed by atoms with van der Waals surface area (Å²) in [7, 11) is 2.86. The van der Waals surface area contributed by atoms with Gasteiger partial charge in [-0.1, -0.05) is 40.2 Å². The molecule has 1 aliphatic carbocycles. The van der Waals surface area contributed by atoms with Crippen LogP contribution in [0, 0.1) is 5.41 Å². The quantitative estimate of drug-likeness (QED) is 0.418. The SMILES string of the molecule is CCC/C=C/c1nc2ccc(OC)cc2nc1O[C@@H]1C[C@@H](C(=O)OC)N(C(=O)C(NC(=O)OC2CC2)C(C)(C)C)C1. The summed E-state index contributed by atoms with van der Waals surface area (Å²) in [5, 5.41) is 2.73. The van der Waals surface area contributed by atoms with Gasteiger partial charge < -0.3 is 29.2 Å². The average Bonchev–Trinajstić information content (AvgIpc) is 3.65. The van der Waals surface area contributed by atoms with Crippen LogP contribution in [-0.2, 0) is 19.1 Å². The molecule has 41 heavy (non-hydrogen) atoms. The van der Waals surface area contributed by atoms with E-state index >= 15 is 0 Å². The van der Waals surface area contributed by atoms with Gasteiger partial charge in [-0.3, -0.25) is 4.79 Å². The third-order valence-corrected chi connectivity index (χ3v) is 7.07. The highest BCUT2D eigenvalue weighted by Gasteiger charge is 2.46. The van der Waals surface area contributed by atoms with E-state index in [2.05, 4.69) is 12.2 Å². The van der Waals surface area contributed by atoms with E-state index in [4.69, 9.17) is 28.9 Å². The largest absolute Gasteiger partial charge is 0.497 e. The molecule has 2 heterocycles. The molecular formula is C30H40N4O7. The zero-order valence-corrected chi connectivity index (χ0v) is 24.6. The molecule has 1 aromatic heterocycles. The van der Waals surface area contributed by atoms with E-state index < -0.39 is 41.6 Å². The fraction of sp³-hybridized carbons (Fsp3) is 0.567. The van der Waals surface area contributed by atoms with Gasteiger partial charge in [-0.2, -0.15) is 0 Å². The van der Waals surface area contributed by atoms with Crippen molar-refractivity contribution in [3.05, 3.63) is 30.0 Å². The first-order valence-corrected chi connectivity index (χ1v) is 14.1. The number of esters is 1. The molecule has 1 N–H and O–H groups in total. The van der Waals surface area contributed by atoms with Gasteiger partial charge in [0.1, 0.15) is 35.7 Å². The highest BCUT2D eigenvalue weighted by Crippen LogP contribution is 2.31. The predicted octanol–water partition coefficient (Wildman–Crippen LogP) is 4.28. The Morgan fingerprint density at radius 3 is 2.51 bits per heavy atom. The van der Waals surface area contributed by atoms with Crippen LogP contribution in [0.4, 0.5) is 4.79 Å². The maximum absolute atomic E-state index is 13.9. The van der Waals surface area contributed by atoms with Crippen molar-refractivity contribution in [2.24, 2.45) is 5.41 Å². The molecule has 2 amide bonds. The first-order valence-electron chi connectivity index (χ1n) is 14.1. The van der Waals surface area contributed by atoms with Crippen molar-refractivity contribution >= 4 is 35.1 Å². The number of aromatic nitrogens is 2. The van der Waals surface area contributed by atoms with Crippen molar-refractivity contribution in [1.29, 1.82) is 0 Å². The summed E-state index contributed by atoms with van der Waals surface area (Å²) in [6.07, 6.45) is 6.22. The number of alkyl carbamates (subject to hydrolysis) is 1. The number of likely N-dealkylation sites (tertiary alicyclic amines) is 1. The lowest BCUT2D eigenvalue weighted by atomic mass is 9.85. The third kappa shape index (κ3) is 7.45. The van der Waals surface area contributed by atoms with Crippen molar-refractivity contribution in [2.75, 3.05) is 20.8 Å². The summed E-state index contributed by atoms with van der Waals surface area (Å²) < 4.78 is 22.1. The van der Waals surface area contributed by atoms with Crippen LogP contribution >= 0.6 is 0 Å². The maximum atomic E-state index is 13.9. The standard InChI is InChI=1S/C30H40N4O7/c1-7-8-9-10-22-26(32-23-15-19(38-5)13-14-21(23)31-22)40-20-16-24(28(36)39-6)34(17-20)27(35)25(30(2,3)4)33-29(37)41-18-11-12-18/h9-10,13-15,18,20,24-25H,7-8,11-12,16-17H2,1-6H3,(H,33,37)/b10-9+/t20-,24+,25?/m1/s1. The molecule has 11 heteroatoms. The molecule has 2 fully saturated rings. The van der Waals surface area contributed by atoms with Crippen LogP contribution in [-0.4, -0.2) is 77.9 Å². The highest BCUT2D eigenvalue weighted by atomic mass is 16.6. The molecule has 1 aromatic carbocycles. The van der Waals surface area contributed by atoms with Crippen LogP contribution in [0.25, 0.3) is 17.1 Å². The molecule has 0 bridgehead atoms. The number of rotatable bonds is 10. The van der Waals surface area contributed by atoms with Crippen LogP contribution in [0.1, 0.15) is 65.5 Å². The monoisotopic (exact) mass is 568 g/mol. The van der Waals surface area contributed by atoms with Crippen molar-refractivity contribution in [2.45, 2.75) is 84.1 Å². The van der Waals surface area contributed by atoms with Crippen molar-refractivity contribution in [3.8, 4) is 11.6 Å². The molecule has 1 unspecified atom stereocenters. The number of benzene rings is 1. The first kappa shape index (κ1) is 30.1. The molecule has 11 nitrogen and oxygen atoms in total. The maximum Gasteiger partial charge on any atom is 0.408 e. The lowest BCUT2D eigenvalue weighted by Gasteiger charge is -2.34. The fourth-order valence-electron chi connectivity index (χ4n) is 4.66. The van der Waals surface area contributed by atoms with Gasteiger partial charge in [0.2, 0.25) is 11.8 Å². The van der Waals surface area contributed by atoms with Crippen LogP contribution in [0.15, 0.2) is 24.3 Å². The number of carbonyl (C=O) groups is 3. The predicted molar refractivity (Wildman–Crippen MR) is 152 cm³/mol. The number of ether oxygens (including phenoxy) is 4. The first-order chi connectivity index (χ1) is 19.5. The van der Waals surface area contributed by atoms with Crippen molar-refractivity contribution in [3.63, 3.8) is 0 Å². The summed E-state index contributed by atoms with van der Waals surface area (Å²) >= 11 is 0. The number of nitrogens with zero attached hydrogens (tertiary/aromatic N) is 3. The second-order valence-electron chi connectivity index (χ2n) is 11.5. The fourth-order valence-corrected chi connectivity index (χ4v) is 4.66. The number of methoxy groups -OCH3 is 2. The Labute approximate surface area is 240 Å². The van der Waals surface area contributed by atoms with Gasteiger partial charge in [-0.15, -0.1) is 0 Å². The molecule has 4 rings (SSSR count). The third-order valence-electron chi connectivity index (χ3n) is 7.07. The second kappa shape index (κ2) is 12.7. The Kier molecular flexibility index (Phi) is 9.35. The second-order valence-corrected chi connectivity index (χ2v) is 11.5. The number of unbranched alkanes of at least 4 members (excludes halogenated alkanes) is 1. The zero-order valence-electron chi connectivity index (χ0n) is 24.6. The minimum atomic E-state index is -0.930. The molecule has 3 atom stereocenters. The van der Waals surface area contributed by atoms with Crippen LogP contribution in [0.5, 0.6) is 11.6 Å². The number of amides is 2. The Morgan fingerprint density at radius 2 is 1.88 bits per heavy atom. The summed E-state index contributed by atoms with van der Waals surface area (Å²) in [5.74, 6) is -0.0462. The number of hydrogen-bond donors (Lipinski definition) is 1. The Hall–Kier alpha value is -3.89. The van der Waals surface area contributed by atoms with Gasteiger partial charge in [0.25, 0.3) is 0 Å². The number of hydrogen-bond acceptors (Lipinski definition) is 9. The Balaban J connectivity index is 1.61.